The van der Waals surface area contributed by atoms with Crippen LogP contribution >= 0.6 is 0 Å². The largest absolute Gasteiger partial charge is 0.302 e. The first-order chi connectivity index (χ1) is 21.5. The molecule has 48 heavy (non-hydrogen) atoms. The number of fused-ring (bicyclic) bond motifs is 2. The predicted octanol–water partition coefficient (Wildman–Crippen LogP) is 7.65. The van der Waals surface area contributed by atoms with Crippen LogP contribution in [0, 0.1) is 43.3 Å². The lowest BCUT2D eigenvalue weighted by Gasteiger charge is -2.43. The molecule has 6 aliphatic rings. The third-order valence-electron chi connectivity index (χ3n) is 15.9. The van der Waals surface area contributed by atoms with E-state index in [9.17, 15) is 9.59 Å². The molecule has 2 aliphatic carbocycles. The van der Waals surface area contributed by atoms with Gasteiger partial charge < -0.3 is 9.80 Å². The number of ketones is 2. The number of carbonyl (C=O) groups excluding carboxylic acids is 2. The fourth-order valence-electron chi connectivity index (χ4n) is 12.1. The SMILES string of the molecule is CCN1CC2(C1)C(C)(C)[C@@]21C[C@@H](C(=O)C(C)(C)C)N(C(C)(C)C)C1.CCN1CC2(C1)C(C)(C)[C@]21C[C@@H](C(=O)C(C)(C)C)N(C(C)(C)C)C1. The molecular weight excluding hydrogens is 592 g/mol. The number of carbonyl (C=O) groups is 2. The lowest BCUT2D eigenvalue weighted by Crippen LogP contribution is -2.52. The molecule has 4 atom stereocenters. The van der Waals surface area contributed by atoms with E-state index in [2.05, 4.69) is 144 Å². The molecule has 0 aromatic heterocycles. The van der Waals surface area contributed by atoms with E-state index < -0.39 is 0 Å². The van der Waals surface area contributed by atoms with Crippen molar-refractivity contribution in [3.05, 3.63) is 0 Å². The van der Waals surface area contributed by atoms with Gasteiger partial charge in [-0.1, -0.05) is 83.1 Å². The number of hydrogen-bond donors (Lipinski definition) is 0. The first kappa shape index (κ1) is 38.4. The predicted molar refractivity (Wildman–Crippen MR) is 200 cm³/mol. The molecule has 4 aliphatic heterocycles. The number of hydrogen-bond acceptors (Lipinski definition) is 6. The van der Waals surface area contributed by atoms with Gasteiger partial charge in [-0.05, 0) is 89.1 Å². The van der Waals surface area contributed by atoms with Gasteiger partial charge in [0.1, 0.15) is 0 Å². The van der Waals surface area contributed by atoms with E-state index in [0.717, 1.165) is 39.0 Å². The van der Waals surface area contributed by atoms with Crippen molar-refractivity contribution in [2.45, 2.75) is 161 Å². The maximum absolute atomic E-state index is 13.2. The maximum atomic E-state index is 13.2. The summed E-state index contributed by atoms with van der Waals surface area (Å²) in [5, 5.41) is 0. The van der Waals surface area contributed by atoms with Gasteiger partial charge in [0, 0.05) is 72.0 Å². The minimum Gasteiger partial charge on any atom is -0.302 e. The monoisotopic (exact) mass is 669 g/mol. The Morgan fingerprint density at radius 2 is 0.771 bits per heavy atom. The van der Waals surface area contributed by atoms with Crippen molar-refractivity contribution in [1.29, 1.82) is 0 Å². The quantitative estimate of drug-likeness (QED) is 0.307. The highest BCUT2D eigenvalue weighted by atomic mass is 16.1. The molecule has 0 bridgehead atoms. The van der Waals surface area contributed by atoms with Crippen LogP contribution in [-0.2, 0) is 9.59 Å². The Morgan fingerprint density at radius 1 is 0.500 bits per heavy atom. The molecule has 4 saturated heterocycles. The van der Waals surface area contributed by atoms with Gasteiger partial charge in [0.05, 0.1) is 12.1 Å². The van der Waals surface area contributed by atoms with Crippen molar-refractivity contribution in [2.24, 2.45) is 43.3 Å². The van der Waals surface area contributed by atoms with Crippen molar-refractivity contribution < 1.29 is 9.59 Å². The van der Waals surface area contributed by atoms with Crippen LogP contribution in [0.5, 0.6) is 0 Å². The van der Waals surface area contributed by atoms with Gasteiger partial charge >= 0.3 is 0 Å². The molecule has 4 spiro atoms. The Morgan fingerprint density at radius 3 is 0.979 bits per heavy atom. The molecule has 6 fully saturated rings. The van der Waals surface area contributed by atoms with Crippen LogP contribution in [0.1, 0.15) is 137 Å². The van der Waals surface area contributed by atoms with Crippen molar-refractivity contribution in [1.82, 2.24) is 19.6 Å². The van der Waals surface area contributed by atoms with E-state index in [0.29, 0.717) is 44.1 Å². The van der Waals surface area contributed by atoms with Crippen LogP contribution in [-0.4, -0.2) is 107 Å². The summed E-state index contributed by atoms with van der Waals surface area (Å²) in [6.07, 6.45) is 2.12. The molecule has 0 radical (unpaired) electrons. The van der Waals surface area contributed by atoms with E-state index in [1.165, 1.54) is 26.2 Å². The number of Topliss-reactive ketones (excluding diaryl/α,β-unsaturated/α-hetero) is 2. The smallest absolute Gasteiger partial charge is 0.155 e. The minimum absolute atomic E-state index is 0.0448. The second-order valence-corrected chi connectivity index (χ2v) is 22.5. The zero-order valence-electron chi connectivity index (χ0n) is 34.8. The van der Waals surface area contributed by atoms with E-state index in [4.69, 9.17) is 0 Å². The van der Waals surface area contributed by atoms with E-state index in [-0.39, 0.29) is 34.0 Å². The summed E-state index contributed by atoms with van der Waals surface area (Å²) < 4.78 is 0. The summed E-state index contributed by atoms with van der Waals surface area (Å²) in [5.74, 6) is 0.859. The fourth-order valence-corrected chi connectivity index (χ4v) is 12.1. The van der Waals surface area contributed by atoms with Crippen molar-refractivity contribution in [3.63, 3.8) is 0 Å². The van der Waals surface area contributed by atoms with Gasteiger partial charge in [0.2, 0.25) is 0 Å². The average molecular weight is 669 g/mol. The first-order valence-corrected chi connectivity index (χ1v) is 19.5. The summed E-state index contributed by atoms with van der Waals surface area (Å²) in [7, 11) is 0. The maximum Gasteiger partial charge on any atom is 0.155 e. The van der Waals surface area contributed by atoms with Gasteiger partial charge in [-0.15, -0.1) is 0 Å². The molecular formula is C42H76N4O2. The summed E-state index contributed by atoms with van der Waals surface area (Å²) in [4.78, 5) is 36.7. The van der Waals surface area contributed by atoms with Crippen LogP contribution in [0.15, 0.2) is 0 Å². The number of likely N-dealkylation sites (tertiary alicyclic amines) is 4. The lowest BCUT2D eigenvalue weighted by molar-refractivity contribution is -0.133. The highest BCUT2D eigenvalue weighted by Crippen LogP contribution is 2.85. The van der Waals surface area contributed by atoms with E-state index in [1.54, 1.807) is 0 Å². The van der Waals surface area contributed by atoms with Gasteiger partial charge in [-0.3, -0.25) is 19.4 Å². The van der Waals surface area contributed by atoms with Crippen LogP contribution < -0.4 is 0 Å². The average Bonchev–Trinajstić information content (AvgIpc) is 3.26. The van der Waals surface area contributed by atoms with Gasteiger partial charge in [-0.2, -0.15) is 0 Å². The topological polar surface area (TPSA) is 47.1 Å². The Bertz CT molecular complexity index is 1190. The summed E-state index contributed by atoms with van der Waals surface area (Å²) in [5.41, 5.74) is 1.78. The molecule has 276 valence electrons. The van der Waals surface area contributed by atoms with Gasteiger partial charge in [-0.25, -0.2) is 0 Å². The summed E-state index contributed by atoms with van der Waals surface area (Å²) in [6, 6.07) is 0.165. The van der Waals surface area contributed by atoms with E-state index in [1.807, 2.05) is 0 Å². The second-order valence-electron chi connectivity index (χ2n) is 22.5. The molecule has 6 heteroatoms. The molecule has 0 amide bonds. The Hall–Kier alpha value is -0.820. The molecule has 2 saturated carbocycles. The zero-order valence-corrected chi connectivity index (χ0v) is 34.8. The summed E-state index contributed by atoms with van der Waals surface area (Å²) in [6.45, 7) is 49.9. The second kappa shape index (κ2) is 10.9. The van der Waals surface area contributed by atoms with Crippen LogP contribution in [0.2, 0.25) is 0 Å². The minimum atomic E-state index is -0.263. The molecule has 6 nitrogen and oxygen atoms in total. The van der Waals surface area contributed by atoms with Crippen molar-refractivity contribution >= 4 is 11.6 Å². The van der Waals surface area contributed by atoms with Crippen LogP contribution in [0.3, 0.4) is 0 Å². The Labute approximate surface area is 296 Å². The van der Waals surface area contributed by atoms with Crippen LogP contribution in [0.25, 0.3) is 0 Å². The molecule has 0 aromatic carbocycles. The number of rotatable bonds is 4. The number of nitrogens with zero attached hydrogens (tertiary/aromatic N) is 4. The third-order valence-corrected chi connectivity index (χ3v) is 15.9. The highest BCUT2D eigenvalue weighted by Gasteiger charge is 2.87. The standard InChI is InChI=1S/2C21H38N2O/c2*1-10-22-12-21(13-22)19(8,9)20(21)11-15(16(24)17(2,3)4)23(14-20)18(5,6)7/h2*15H,10-14H2,1-9H3/t15-,20+;15-,20-/m00/s1. The van der Waals surface area contributed by atoms with Gasteiger partial charge in [0.15, 0.2) is 11.6 Å². The first-order valence-electron chi connectivity index (χ1n) is 19.5. The third kappa shape index (κ3) is 4.97. The van der Waals surface area contributed by atoms with E-state index >= 15 is 0 Å². The molecule has 4 heterocycles. The van der Waals surface area contributed by atoms with Crippen LogP contribution in [0.4, 0.5) is 0 Å². The summed E-state index contributed by atoms with van der Waals surface area (Å²) >= 11 is 0. The Balaban J connectivity index is 0.000000188. The molecule has 6 rings (SSSR count). The van der Waals surface area contributed by atoms with Gasteiger partial charge in [0.25, 0.3) is 0 Å². The normalized spacial score (nSPS) is 35.5. The molecule has 0 aromatic rings. The lowest BCUT2D eigenvalue weighted by atomic mass is 9.80. The fraction of sp³-hybridized carbons (Fsp3) is 0.952. The van der Waals surface area contributed by atoms with Crippen molar-refractivity contribution in [3.8, 4) is 0 Å². The highest BCUT2D eigenvalue weighted by molar-refractivity contribution is 5.90. The Kier molecular flexibility index (Phi) is 8.69. The molecule has 0 unspecified atom stereocenters. The van der Waals surface area contributed by atoms with Crippen molar-refractivity contribution in [2.75, 3.05) is 52.4 Å². The molecule has 0 N–H and O–H groups in total. The zero-order chi connectivity index (χ0) is 36.7.